The van der Waals surface area contributed by atoms with Crippen molar-refractivity contribution >= 4 is 16.1 Å². The van der Waals surface area contributed by atoms with Gasteiger partial charge in [-0.3, -0.25) is 0 Å². The highest BCUT2D eigenvalue weighted by Gasteiger charge is 2.50. The molecule has 38 heavy (non-hydrogen) atoms. The van der Waals surface area contributed by atoms with Gasteiger partial charge in [0.1, 0.15) is 0 Å². The van der Waals surface area contributed by atoms with E-state index in [2.05, 4.69) is 145 Å². The van der Waals surface area contributed by atoms with Crippen LogP contribution in [0.15, 0.2) is 121 Å². The second-order valence-electron chi connectivity index (χ2n) is 10.7. The molecule has 2 heterocycles. The molecule has 194 valence electrons. The second-order valence-corrected chi connectivity index (χ2v) is 15.8. The van der Waals surface area contributed by atoms with E-state index in [1.807, 2.05) is 0 Å². The zero-order chi connectivity index (χ0) is 25.9. The van der Waals surface area contributed by atoms with Crippen LogP contribution < -0.4 is 0 Å². The summed E-state index contributed by atoms with van der Waals surface area (Å²) in [5.74, 6) is 0. The maximum Gasteiger partial charge on any atom is 0.0196 e. The molecule has 2 aliphatic heterocycles. The van der Waals surface area contributed by atoms with Crippen molar-refractivity contribution in [2.24, 2.45) is 0 Å². The van der Waals surface area contributed by atoms with Gasteiger partial charge in [0.25, 0.3) is 0 Å². The van der Waals surface area contributed by atoms with Crippen LogP contribution in [0.1, 0.15) is 70.6 Å². The summed E-state index contributed by atoms with van der Waals surface area (Å²) >= 11 is 0. The Hall–Kier alpha value is -2.34. The van der Waals surface area contributed by atoms with E-state index in [0.29, 0.717) is 22.6 Å². The predicted octanol–water partition coefficient (Wildman–Crippen LogP) is 10.1. The van der Waals surface area contributed by atoms with Crippen molar-refractivity contribution in [1.82, 2.24) is 9.56 Å². The van der Waals surface area contributed by atoms with Gasteiger partial charge >= 0.3 is 0 Å². The van der Waals surface area contributed by atoms with Crippen molar-refractivity contribution < 1.29 is 0 Å². The average molecular weight is 537 g/mol. The number of rotatable bonds is 7. The standard InChI is InChI=1S/C34H38N2P2/c1-35(2)36(37-31(27-15-7-3-8-16-27)23-24-32(37)28-17-9-4-10-18-28)38-33(29-19-11-5-12-20-29)25-26-34(38)30-21-13-6-14-22-30/h3-22,31-34H,23-26H2,1-2H3/t31-,32?,33-,34?,37?,38?/m0/s1. The summed E-state index contributed by atoms with van der Waals surface area (Å²) in [7, 11) is 3.66. The largest absolute Gasteiger partial charge is 0.241 e. The van der Waals surface area contributed by atoms with Gasteiger partial charge < -0.3 is 0 Å². The number of benzene rings is 4. The van der Waals surface area contributed by atoms with Gasteiger partial charge in [0.05, 0.1) is 0 Å². The lowest BCUT2D eigenvalue weighted by Gasteiger charge is -2.48. The summed E-state index contributed by atoms with van der Waals surface area (Å²) in [6, 6.07) is 45.6. The molecule has 0 spiro atoms. The number of hydrogen-bond donors (Lipinski definition) is 0. The minimum absolute atomic E-state index is 0.484. The Labute approximate surface area is 231 Å². The lowest BCUT2D eigenvalue weighted by atomic mass is 10.0. The maximum atomic E-state index is 2.97. The Morgan fingerprint density at radius 3 is 0.868 bits per heavy atom. The highest BCUT2D eigenvalue weighted by atomic mass is 31.2. The number of nitrogens with zero attached hydrogens (tertiary/aromatic N) is 2. The Balaban J connectivity index is 1.49. The molecule has 4 aromatic rings. The van der Waals surface area contributed by atoms with Gasteiger partial charge in [-0.25, -0.2) is 5.01 Å². The molecule has 4 heteroatoms. The molecule has 6 atom stereocenters. The SMILES string of the molecule is CN(C)N(P1C(c2ccccc2)CC[C@H]1c1ccccc1)P1C(c2ccccc2)CC[C@H]1c1ccccc1. The fourth-order valence-electron chi connectivity index (χ4n) is 6.60. The maximum absolute atomic E-state index is 2.97. The van der Waals surface area contributed by atoms with Crippen molar-refractivity contribution in [2.45, 2.75) is 48.3 Å². The van der Waals surface area contributed by atoms with Gasteiger partial charge in [-0.2, -0.15) is 4.55 Å². The van der Waals surface area contributed by atoms with E-state index < -0.39 is 16.1 Å². The minimum Gasteiger partial charge on any atom is -0.241 e. The van der Waals surface area contributed by atoms with E-state index in [-0.39, 0.29) is 0 Å². The molecule has 6 rings (SSSR count). The Kier molecular flexibility index (Phi) is 8.05. The van der Waals surface area contributed by atoms with Crippen molar-refractivity contribution in [3.63, 3.8) is 0 Å². The molecule has 0 bridgehead atoms. The van der Waals surface area contributed by atoms with E-state index in [1.165, 1.54) is 47.9 Å². The lowest BCUT2D eigenvalue weighted by molar-refractivity contribution is 0.238. The Morgan fingerprint density at radius 2 is 0.658 bits per heavy atom. The second kappa shape index (κ2) is 11.8. The van der Waals surface area contributed by atoms with E-state index in [4.69, 9.17) is 0 Å². The van der Waals surface area contributed by atoms with E-state index >= 15 is 0 Å². The van der Waals surface area contributed by atoms with Gasteiger partial charge in [-0.05, 0) is 47.9 Å². The van der Waals surface area contributed by atoms with E-state index in [0.717, 1.165) is 0 Å². The normalized spacial score (nSPS) is 27.3. The van der Waals surface area contributed by atoms with Crippen LogP contribution in [0.3, 0.4) is 0 Å². The Bertz CT molecular complexity index is 1090. The quantitative estimate of drug-likeness (QED) is 0.171. The van der Waals surface area contributed by atoms with Gasteiger partial charge in [0, 0.05) is 52.9 Å². The predicted molar refractivity (Wildman–Crippen MR) is 165 cm³/mol. The molecule has 0 N–H and O–H groups in total. The third kappa shape index (κ3) is 5.13. The molecule has 2 saturated heterocycles. The van der Waals surface area contributed by atoms with E-state index in [9.17, 15) is 0 Å². The van der Waals surface area contributed by atoms with Crippen molar-refractivity contribution in [1.29, 1.82) is 0 Å². The molecule has 0 saturated carbocycles. The molecule has 0 amide bonds. The third-order valence-corrected chi connectivity index (χ3v) is 15.8. The van der Waals surface area contributed by atoms with Crippen LogP contribution in [0, 0.1) is 0 Å². The molecule has 4 unspecified atom stereocenters. The molecule has 4 aromatic carbocycles. The van der Waals surface area contributed by atoms with Gasteiger partial charge in [0.2, 0.25) is 0 Å². The Morgan fingerprint density at radius 1 is 0.421 bits per heavy atom. The van der Waals surface area contributed by atoms with E-state index in [1.54, 1.807) is 0 Å². The summed E-state index contributed by atoms with van der Waals surface area (Å²) < 4.78 is 2.97. The topological polar surface area (TPSA) is 6.48 Å². The van der Waals surface area contributed by atoms with Gasteiger partial charge in [-0.1, -0.05) is 121 Å². The first-order valence-corrected chi connectivity index (χ1v) is 16.8. The molecule has 2 nitrogen and oxygen atoms in total. The van der Waals surface area contributed by atoms with Crippen molar-refractivity contribution in [2.75, 3.05) is 14.1 Å². The van der Waals surface area contributed by atoms with Crippen molar-refractivity contribution in [3.8, 4) is 0 Å². The smallest absolute Gasteiger partial charge is 0.0196 e. The molecular formula is C34H38N2P2. The van der Waals surface area contributed by atoms with Crippen LogP contribution in [-0.2, 0) is 0 Å². The third-order valence-electron chi connectivity index (χ3n) is 8.21. The zero-order valence-corrected chi connectivity index (χ0v) is 24.3. The summed E-state index contributed by atoms with van der Waals surface area (Å²) in [6.07, 6.45) is 5.03. The molecule has 0 aliphatic carbocycles. The average Bonchev–Trinajstić information content (AvgIpc) is 3.61. The fraction of sp³-hybridized carbons (Fsp3) is 0.294. The number of hydrazine groups is 1. The van der Waals surface area contributed by atoms with Crippen LogP contribution in [-0.4, -0.2) is 23.7 Å². The van der Waals surface area contributed by atoms with Gasteiger partial charge in [-0.15, -0.1) is 0 Å². The molecule has 2 aliphatic rings. The fourth-order valence-corrected chi connectivity index (χ4v) is 15.3. The molecule has 0 radical (unpaired) electrons. The molecular weight excluding hydrogens is 498 g/mol. The molecule has 2 fully saturated rings. The van der Waals surface area contributed by atoms with Crippen LogP contribution in [0.4, 0.5) is 0 Å². The van der Waals surface area contributed by atoms with Crippen LogP contribution >= 0.6 is 16.1 Å². The van der Waals surface area contributed by atoms with Crippen LogP contribution in [0.2, 0.25) is 0 Å². The first-order valence-electron chi connectivity index (χ1n) is 14.0. The number of hydrogen-bond acceptors (Lipinski definition) is 2. The van der Waals surface area contributed by atoms with Crippen LogP contribution in [0.25, 0.3) is 0 Å². The zero-order valence-electron chi connectivity index (χ0n) is 22.5. The first kappa shape index (κ1) is 25.9. The summed E-state index contributed by atoms with van der Waals surface area (Å²) in [6.45, 7) is 0. The van der Waals surface area contributed by atoms with Crippen LogP contribution in [0.5, 0.6) is 0 Å². The van der Waals surface area contributed by atoms with Crippen molar-refractivity contribution in [3.05, 3.63) is 144 Å². The highest BCUT2D eigenvalue weighted by Crippen LogP contribution is 2.83. The summed E-state index contributed by atoms with van der Waals surface area (Å²) in [4.78, 5) is 0. The minimum atomic E-state index is -0.484. The first-order chi connectivity index (χ1) is 18.7. The highest BCUT2D eigenvalue weighted by molar-refractivity contribution is 7.71. The summed E-state index contributed by atoms with van der Waals surface area (Å²) in [5, 5.41) is 2.51. The lowest BCUT2D eigenvalue weighted by Crippen LogP contribution is -2.31. The monoisotopic (exact) mass is 536 g/mol. The van der Waals surface area contributed by atoms with Gasteiger partial charge in [0.15, 0.2) is 0 Å². The summed E-state index contributed by atoms with van der Waals surface area (Å²) in [5.41, 5.74) is 8.39. The molecule has 0 aromatic heterocycles.